The highest BCUT2D eigenvalue weighted by atomic mass is 16.5. The van der Waals surface area contributed by atoms with E-state index in [1.54, 1.807) is 61.3 Å². The molecular weight excluding hydrogens is 296 g/mol. The third-order valence-corrected chi connectivity index (χ3v) is 3.29. The number of imidazole rings is 1. The number of hydrogen-bond acceptors (Lipinski definition) is 5. The average Bonchev–Trinajstić information content (AvgIpc) is 3.16. The van der Waals surface area contributed by atoms with E-state index in [2.05, 4.69) is 15.5 Å². The van der Waals surface area contributed by atoms with Crippen LogP contribution >= 0.6 is 0 Å². The van der Waals surface area contributed by atoms with Crippen molar-refractivity contribution in [2.75, 3.05) is 5.32 Å². The summed E-state index contributed by atoms with van der Waals surface area (Å²) in [5.41, 5.74) is 1.26. The van der Waals surface area contributed by atoms with Crippen molar-refractivity contribution in [1.29, 1.82) is 0 Å². The average molecular weight is 310 g/mol. The normalized spacial score (nSPS) is 10.5. The summed E-state index contributed by atoms with van der Waals surface area (Å²) in [6.45, 7) is 1.71. The maximum absolute atomic E-state index is 12.3. The summed E-state index contributed by atoms with van der Waals surface area (Å²) in [7, 11) is 1.76. The molecule has 0 bridgehead atoms. The SMILES string of the molecule is Cc1cc(C(=O)Nc2ccc(C(=O)c3nccn3C)cc2)no1. The third-order valence-electron chi connectivity index (χ3n) is 3.29. The number of ketones is 1. The van der Waals surface area contributed by atoms with Gasteiger partial charge in [0, 0.05) is 36.8 Å². The van der Waals surface area contributed by atoms with Crippen LogP contribution in [0.3, 0.4) is 0 Å². The van der Waals surface area contributed by atoms with Gasteiger partial charge in [-0.25, -0.2) is 4.98 Å². The van der Waals surface area contributed by atoms with Crippen molar-refractivity contribution in [2.24, 2.45) is 7.05 Å². The molecule has 0 atom stereocenters. The van der Waals surface area contributed by atoms with E-state index in [-0.39, 0.29) is 17.4 Å². The Kier molecular flexibility index (Phi) is 3.76. The molecule has 1 aromatic carbocycles. The minimum atomic E-state index is -0.370. The van der Waals surface area contributed by atoms with Crippen molar-refractivity contribution in [1.82, 2.24) is 14.7 Å². The summed E-state index contributed by atoms with van der Waals surface area (Å²) >= 11 is 0. The van der Waals surface area contributed by atoms with Gasteiger partial charge in [0.2, 0.25) is 5.78 Å². The molecule has 3 rings (SSSR count). The highest BCUT2D eigenvalue weighted by molar-refractivity contribution is 6.07. The van der Waals surface area contributed by atoms with Gasteiger partial charge < -0.3 is 14.4 Å². The second-order valence-electron chi connectivity index (χ2n) is 5.05. The van der Waals surface area contributed by atoms with Gasteiger partial charge in [-0.1, -0.05) is 5.16 Å². The van der Waals surface area contributed by atoms with Crippen LogP contribution in [0.1, 0.15) is 32.4 Å². The van der Waals surface area contributed by atoms with Gasteiger partial charge in [-0.2, -0.15) is 0 Å². The lowest BCUT2D eigenvalue weighted by atomic mass is 10.1. The van der Waals surface area contributed by atoms with E-state index in [0.29, 0.717) is 22.8 Å². The van der Waals surface area contributed by atoms with Gasteiger partial charge >= 0.3 is 0 Å². The molecule has 0 fully saturated rings. The quantitative estimate of drug-likeness (QED) is 0.746. The summed E-state index contributed by atoms with van der Waals surface area (Å²) < 4.78 is 6.52. The van der Waals surface area contributed by atoms with E-state index < -0.39 is 0 Å². The third kappa shape index (κ3) is 3.03. The Balaban J connectivity index is 1.73. The van der Waals surface area contributed by atoms with Crippen molar-refractivity contribution in [3.8, 4) is 0 Å². The molecule has 0 radical (unpaired) electrons. The summed E-state index contributed by atoms with van der Waals surface area (Å²) in [5.74, 6) is 0.374. The van der Waals surface area contributed by atoms with Crippen LogP contribution in [0.25, 0.3) is 0 Å². The molecule has 0 aliphatic carbocycles. The summed E-state index contributed by atoms with van der Waals surface area (Å²) in [5, 5.41) is 6.34. The summed E-state index contributed by atoms with van der Waals surface area (Å²) in [6.07, 6.45) is 3.28. The molecule has 7 heteroatoms. The lowest BCUT2D eigenvalue weighted by Gasteiger charge is -2.05. The van der Waals surface area contributed by atoms with Crippen molar-refractivity contribution in [2.45, 2.75) is 6.92 Å². The Hall–Kier alpha value is -3.22. The smallest absolute Gasteiger partial charge is 0.277 e. The fourth-order valence-corrected chi connectivity index (χ4v) is 2.09. The topological polar surface area (TPSA) is 90.0 Å². The van der Waals surface area contributed by atoms with E-state index in [9.17, 15) is 9.59 Å². The molecule has 0 saturated heterocycles. The Labute approximate surface area is 131 Å². The van der Waals surface area contributed by atoms with Crippen LogP contribution in [0.5, 0.6) is 0 Å². The van der Waals surface area contributed by atoms with E-state index in [1.807, 2.05) is 0 Å². The largest absolute Gasteiger partial charge is 0.361 e. The van der Waals surface area contributed by atoms with Crippen LogP contribution in [-0.4, -0.2) is 26.4 Å². The van der Waals surface area contributed by atoms with Crippen LogP contribution in [0.15, 0.2) is 47.2 Å². The molecule has 0 aliphatic heterocycles. The molecule has 0 saturated carbocycles. The first-order valence-electron chi connectivity index (χ1n) is 6.91. The lowest BCUT2D eigenvalue weighted by molar-refractivity contribution is 0.101. The number of nitrogens with one attached hydrogen (secondary N) is 1. The van der Waals surface area contributed by atoms with Gasteiger partial charge in [0.1, 0.15) is 5.76 Å². The van der Waals surface area contributed by atoms with Gasteiger partial charge in [0.15, 0.2) is 11.5 Å². The zero-order valence-electron chi connectivity index (χ0n) is 12.6. The van der Waals surface area contributed by atoms with Crippen LogP contribution < -0.4 is 5.32 Å². The zero-order chi connectivity index (χ0) is 16.4. The highest BCUT2D eigenvalue weighted by Gasteiger charge is 2.14. The Morgan fingerprint density at radius 3 is 2.52 bits per heavy atom. The maximum Gasteiger partial charge on any atom is 0.277 e. The van der Waals surface area contributed by atoms with Gasteiger partial charge in [0.05, 0.1) is 0 Å². The van der Waals surface area contributed by atoms with Crippen LogP contribution in [0.2, 0.25) is 0 Å². The van der Waals surface area contributed by atoms with Gasteiger partial charge in [-0.3, -0.25) is 9.59 Å². The molecule has 0 aliphatic rings. The predicted octanol–water partition coefficient (Wildman–Crippen LogP) is 2.20. The molecule has 2 heterocycles. The molecule has 0 spiro atoms. The molecule has 0 unspecified atom stereocenters. The highest BCUT2D eigenvalue weighted by Crippen LogP contribution is 2.14. The molecule has 116 valence electrons. The summed E-state index contributed by atoms with van der Waals surface area (Å²) in [6, 6.07) is 8.14. The molecule has 23 heavy (non-hydrogen) atoms. The maximum atomic E-state index is 12.3. The number of anilines is 1. The van der Waals surface area contributed by atoms with E-state index in [4.69, 9.17) is 4.52 Å². The summed E-state index contributed by atoms with van der Waals surface area (Å²) in [4.78, 5) is 28.3. The number of amides is 1. The number of benzene rings is 1. The first-order valence-corrected chi connectivity index (χ1v) is 6.91. The van der Waals surface area contributed by atoms with Gasteiger partial charge in [-0.05, 0) is 31.2 Å². The number of aromatic nitrogens is 3. The molecule has 3 aromatic rings. The lowest BCUT2D eigenvalue weighted by Crippen LogP contribution is -2.13. The molecule has 1 N–H and O–H groups in total. The van der Waals surface area contributed by atoms with Crippen LogP contribution in [0.4, 0.5) is 5.69 Å². The number of hydrogen-bond donors (Lipinski definition) is 1. The van der Waals surface area contributed by atoms with Gasteiger partial charge in [-0.15, -0.1) is 0 Å². The van der Waals surface area contributed by atoms with Crippen molar-refractivity contribution >= 4 is 17.4 Å². The van der Waals surface area contributed by atoms with Crippen molar-refractivity contribution in [3.63, 3.8) is 0 Å². The number of nitrogens with zero attached hydrogens (tertiary/aromatic N) is 3. The fraction of sp³-hybridized carbons (Fsp3) is 0.125. The number of rotatable bonds is 4. The van der Waals surface area contributed by atoms with Crippen molar-refractivity contribution < 1.29 is 14.1 Å². The monoisotopic (exact) mass is 310 g/mol. The molecule has 7 nitrogen and oxygen atoms in total. The second kappa shape index (κ2) is 5.88. The van der Waals surface area contributed by atoms with E-state index >= 15 is 0 Å². The van der Waals surface area contributed by atoms with Crippen molar-refractivity contribution in [3.05, 3.63) is 65.6 Å². The first-order chi connectivity index (χ1) is 11.0. The minimum Gasteiger partial charge on any atom is -0.361 e. The zero-order valence-corrected chi connectivity index (χ0v) is 12.6. The fourth-order valence-electron chi connectivity index (χ4n) is 2.09. The Morgan fingerprint density at radius 2 is 1.96 bits per heavy atom. The number of carbonyl (C=O) groups excluding carboxylic acids is 2. The second-order valence-corrected chi connectivity index (χ2v) is 5.05. The molecule has 2 aromatic heterocycles. The molecular formula is C16H14N4O3. The van der Waals surface area contributed by atoms with Crippen LogP contribution in [0, 0.1) is 6.92 Å². The number of aryl methyl sites for hydroxylation is 2. The molecule has 1 amide bonds. The first kappa shape index (κ1) is 14.7. The van der Waals surface area contributed by atoms with E-state index in [0.717, 1.165) is 0 Å². The van der Waals surface area contributed by atoms with E-state index in [1.165, 1.54) is 0 Å². The Morgan fingerprint density at radius 1 is 1.22 bits per heavy atom. The minimum absolute atomic E-state index is 0.178. The standard InChI is InChI=1S/C16H14N4O3/c1-10-9-13(19-23-10)16(22)18-12-5-3-11(4-6-12)14(21)15-17-7-8-20(15)2/h3-9H,1-2H3,(H,18,22). The predicted molar refractivity (Wildman–Crippen MR) is 82.3 cm³/mol. The number of carbonyl (C=O) groups is 2. The van der Waals surface area contributed by atoms with Gasteiger partial charge in [0.25, 0.3) is 5.91 Å². The van der Waals surface area contributed by atoms with Crippen LogP contribution in [-0.2, 0) is 7.05 Å². The Bertz CT molecular complexity index is 862.